The summed E-state index contributed by atoms with van der Waals surface area (Å²) in [5, 5.41) is 17.8. The molecule has 3 aromatic heterocycles. The van der Waals surface area contributed by atoms with Crippen molar-refractivity contribution >= 4 is 5.78 Å². The van der Waals surface area contributed by atoms with Crippen LogP contribution in [0.4, 0.5) is 0 Å². The van der Waals surface area contributed by atoms with Crippen molar-refractivity contribution in [2.24, 2.45) is 0 Å². The predicted molar refractivity (Wildman–Crippen MR) is 156 cm³/mol. The van der Waals surface area contributed by atoms with Gasteiger partial charge in [-0.3, -0.25) is 14.3 Å². The first-order chi connectivity index (χ1) is 20.4. The highest BCUT2D eigenvalue weighted by Gasteiger charge is 2.20. The highest BCUT2D eigenvalue weighted by atomic mass is 16.6. The van der Waals surface area contributed by atoms with E-state index in [2.05, 4.69) is 27.1 Å². The van der Waals surface area contributed by atoms with Gasteiger partial charge in [-0.05, 0) is 54.3 Å². The molecule has 3 aromatic carbocycles. The second-order valence-electron chi connectivity index (χ2n) is 9.86. The SMILES string of the molecule is CCCc1c(Cc2ccc(-c3ccccc3-c3noc(=O)[nH]3)cc2)c(=O)n(-c2ccc(OC(C)O)cc2)c2ncnn12. The quantitative estimate of drug-likeness (QED) is 0.250. The maximum absolute atomic E-state index is 14.1. The Labute approximate surface area is 239 Å². The second-order valence-corrected chi connectivity index (χ2v) is 9.86. The summed E-state index contributed by atoms with van der Waals surface area (Å²) in [5.74, 6) is 0.654. The molecule has 1 unspecified atom stereocenters. The van der Waals surface area contributed by atoms with E-state index < -0.39 is 12.0 Å². The maximum atomic E-state index is 14.1. The normalized spacial score (nSPS) is 12.1. The van der Waals surface area contributed by atoms with Gasteiger partial charge in [0.05, 0.1) is 11.4 Å². The zero-order chi connectivity index (χ0) is 29.2. The van der Waals surface area contributed by atoms with Gasteiger partial charge in [-0.1, -0.05) is 67.0 Å². The van der Waals surface area contributed by atoms with Gasteiger partial charge in [0.1, 0.15) is 12.1 Å². The molecule has 0 radical (unpaired) electrons. The minimum Gasteiger partial charge on any atom is -0.465 e. The minimum atomic E-state index is -0.951. The molecule has 0 bridgehead atoms. The fourth-order valence-corrected chi connectivity index (χ4v) is 5.12. The largest absolute Gasteiger partial charge is 0.465 e. The number of aryl methyl sites for hydroxylation is 1. The number of aliphatic hydroxyl groups excluding tert-OH is 1. The molecular formula is C31H28N6O5. The van der Waals surface area contributed by atoms with Crippen LogP contribution in [0.1, 0.15) is 37.1 Å². The Hall–Kier alpha value is -5.29. The van der Waals surface area contributed by atoms with E-state index in [9.17, 15) is 14.7 Å². The van der Waals surface area contributed by atoms with Gasteiger partial charge in [0.15, 0.2) is 12.1 Å². The van der Waals surface area contributed by atoms with E-state index in [1.54, 1.807) is 33.3 Å². The standard InChI is InChI=1S/C31H28N6O5/c1-3-6-27-26(29(39)36(30-32-18-33-37(27)30)22-13-15-23(16-14-22)41-19(2)38)17-20-9-11-21(12-10-20)24-7-4-5-8-25(24)28-34-31(40)42-35-28/h4-5,7-16,18-19,38H,3,6,17H2,1-2H3,(H,34,35,40). The Morgan fingerprint density at radius 2 is 1.74 bits per heavy atom. The second kappa shape index (κ2) is 11.3. The molecule has 0 amide bonds. The van der Waals surface area contributed by atoms with Crippen molar-refractivity contribution < 1.29 is 14.4 Å². The molecule has 2 N–H and O–H groups in total. The average Bonchev–Trinajstić information content (AvgIpc) is 3.65. The van der Waals surface area contributed by atoms with Gasteiger partial charge < -0.3 is 9.84 Å². The van der Waals surface area contributed by atoms with Crippen molar-refractivity contribution in [3.63, 3.8) is 0 Å². The number of H-pyrrole nitrogens is 1. The summed E-state index contributed by atoms with van der Waals surface area (Å²) in [6.45, 7) is 3.59. The highest BCUT2D eigenvalue weighted by Crippen LogP contribution is 2.30. The fourth-order valence-electron chi connectivity index (χ4n) is 5.12. The van der Waals surface area contributed by atoms with Crippen LogP contribution in [-0.2, 0) is 12.8 Å². The fraction of sp³-hybridized carbons (Fsp3) is 0.194. The average molecular weight is 565 g/mol. The van der Waals surface area contributed by atoms with E-state index in [0.29, 0.717) is 41.4 Å². The lowest BCUT2D eigenvalue weighted by molar-refractivity contribution is -0.000294. The molecule has 11 nitrogen and oxygen atoms in total. The van der Waals surface area contributed by atoms with Crippen molar-refractivity contribution in [1.29, 1.82) is 0 Å². The lowest BCUT2D eigenvalue weighted by Crippen LogP contribution is -2.28. The summed E-state index contributed by atoms with van der Waals surface area (Å²) in [4.78, 5) is 32.6. The topological polar surface area (TPSA) is 141 Å². The Morgan fingerprint density at radius 3 is 2.40 bits per heavy atom. The molecule has 0 fully saturated rings. The number of hydrogen-bond acceptors (Lipinski definition) is 8. The number of fused-ring (bicyclic) bond motifs is 1. The predicted octanol–water partition coefficient (Wildman–Crippen LogP) is 4.15. The number of hydrogen-bond donors (Lipinski definition) is 2. The first-order valence-corrected chi connectivity index (χ1v) is 13.6. The van der Waals surface area contributed by atoms with Gasteiger partial charge in [-0.25, -0.2) is 13.9 Å². The van der Waals surface area contributed by atoms with Crippen molar-refractivity contribution in [3.8, 4) is 34.0 Å². The summed E-state index contributed by atoms with van der Waals surface area (Å²) in [6.07, 6.45) is 2.39. The third-order valence-corrected chi connectivity index (χ3v) is 6.95. The molecule has 0 aliphatic heterocycles. The monoisotopic (exact) mass is 564 g/mol. The highest BCUT2D eigenvalue weighted by molar-refractivity contribution is 5.80. The first kappa shape index (κ1) is 26.9. The number of aliphatic hydroxyl groups is 1. The molecule has 6 aromatic rings. The molecular weight excluding hydrogens is 536 g/mol. The summed E-state index contributed by atoms with van der Waals surface area (Å²) < 4.78 is 13.3. The van der Waals surface area contributed by atoms with Crippen LogP contribution >= 0.6 is 0 Å². The lowest BCUT2D eigenvalue weighted by atomic mass is 9.96. The van der Waals surface area contributed by atoms with Crippen molar-refractivity contribution in [3.05, 3.63) is 117 Å². The van der Waals surface area contributed by atoms with E-state index in [4.69, 9.17) is 9.26 Å². The van der Waals surface area contributed by atoms with Crippen LogP contribution in [0.5, 0.6) is 5.75 Å². The third-order valence-electron chi connectivity index (χ3n) is 6.95. The molecule has 11 heteroatoms. The molecule has 0 aliphatic carbocycles. The maximum Gasteiger partial charge on any atom is 0.439 e. The number of aromatic nitrogens is 6. The zero-order valence-corrected chi connectivity index (χ0v) is 23.0. The van der Waals surface area contributed by atoms with Crippen LogP contribution in [-0.4, -0.2) is 40.7 Å². The number of rotatable bonds is 9. The number of ether oxygens (including phenoxy) is 1. The molecule has 0 saturated heterocycles. The minimum absolute atomic E-state index is 0.174. The van der Waals surface area contributed by atoms with Gasteiger partial charge in [0.25, 0.3) is 5.56 Å². The van der Waals surface area contributed by atoms with Crippen LogP contribution in [0.2, 0.25) is 0 Å². The van der Waals surface area contributed by atoms with Gasteiger partial charge in [0.2, 0.25) is 5.78 Å². The smallest absolute Gasteiger partial charge is 0.439 e. The van der Waals surface area contributed by atoms with Crippen molar-refractivity contribution in [1.82, 2.24) is 29.3 Å². The molecule has 42 heavy (non-hydrogen) atoms. The molecule has 0 spiro atoms. The van der Waals surface area contributed by atoms with Gasteiger partial charge >= 0.3 is 5.76 Å². The summed E-state index contributed by atoms with van der Waals surface area (Å²) in [5.41, 5.74) is 5.39. The Bertz CT molecular complexity index is 1970. The molecule has 0 aliphatic rings. The van der Waals surface area contributed by atoms with Crippen LogP contribution < -0.4 is 16.1 Å². The Balaban J connectivity index is 1.40. The van der Waals surface area contributed by atoms with Crippen molar-refractivity contribution in [2.45, 2.75) is 39.4 Å². The Kier molecular flexibility index (Phi) is 7.24. The summed E-state index contributed by atoms with van der Waals surface area (Å²) in [7, 11) is 0. The van der Waals surface area contributed by atoms with Crippen LogP contribution in [0.15, 0.2) is 93.2 Å². The first-order valence-electron chi connectivity index (χ1n) is 13.6. The van der Waals surface area contributed by atoms with E-state index in [0.717, 1.165) is 34.4 Å². The van der Waals surface area contributed by atoms with Crippen LogP contribution in [0.3, 0.4) is 0 Å². The summed E-state index contributed by atoms with van der Waals surface area (Å²) in [6, 6.07) is 22.5. The van der Waals surface area contributed by atoms with E-state index in [1.165, 1.54) is 13.3 Å². The molecule has 0 saturated carbocycles. The van der Waals surface area contributed by atoms with Crippen LogP contribution in [0.25, 0.3) is 34.0 Å². The van der Waals surface area contributed by atoms with Gasteiger partial charge in [0, 0.05) is 17.5 Å². The van der Waals surface area contributed by atoms with E-state index in [1.807, 2.05) is 48.5 Å². The number of benzene rings is 3. The zero-order valence-electron chi connectivity index (χ0n) is 23.0. The number of nitrogens with one attached hydrogen (secondary N) is 1. The number of aromatic amines is 1. The van der Waals surface area contributed by atoms with Gasteiger partial charge in [-0.2, -0.15) is 10.1 Å². The Morgan fingerprint density at radius 1 is 1.00 bits per heavy atom. The van der Waals surface area contributed by atoms with Crippen LogP contribution in [0, 0.1) is 0 Å². The van der Waals surface area contributed by atoms with E-state index >= 15 is 0 Å². The van der Waals surface area contributed by atoms with Gasteiger partial charge in [-0.15, -0.1) is 0 Å². The van der Waals surface area contributed by atoms with Crippen molar-refractivity contribution in [2.75, 3.05) is 0 Å². The molecule has 6 rings (SSSR count). The molecule has 212 valence electrons. The van der Waals surface area contributed by atoms with E-state index in [-0.39, 0.29) is 5.56 Å². The molecule has 3 heterocycles. The third kappa shape index (κ3) is 5.13. The number of nitrogens with zero attached hydrogens (tertiary/aromatic N) is 5. The summed E-state index contributed by atoms with van der Waals surface area (Å²) >= 11 is 0. The molecule has 1 atom stereocenters. The lowest BCUT2D eigenvalue weighted by Gasteiger charge is -2.16.